The smallest absolute Gasteiger partial charge is 0.315 e. The molecule has 1 saturated heterocycles. The van der Waals surface area contributed by atoms with Gasteiger partial charge in [-0.25, -0.2) is 4.79 Å². The van der Waals surface area contributed by atoms with Gasteiger partial charge in [-0.15, -0.1) is 0 Å². The number of aliphatic hydroxyl groups is 1. The van der Waals surface area contributed by atoms with E-state index in [0.29, 0.717) is 5.92 Å². The monoisotopic (exact) mass is 539 g/mol. The average molecular weight is 540 g/mol. The maximum atomic E-state index is 13.1. The van der Waals surface area contributed by atoms with E-state index >= 15 is 0 Å². The van der Waals surface area contributed by atoms with E-state index in [9.17, 15) is 9.90 Å². The first-order chi connectivity index (χ1) is 19.5. The Morgan fingerprint density at radius 1 is 0.875 bits per heavy atom. The second-order valence-corrected chi connectivity index (χ2v) is 11.9. The minimum Gasteiger partial charge on any atom is -0.378 e. The van der Waals surface area contributed by atoms with Crippen molar-refractivity contribution in [3.63, 3.8) is 0 Å². The molecule has 0 spiro atoms. The quantitative estimate of drug-likeness (QED) is 0.293. The van der Waals surface area contributed by atoms with Crippen LogP contribution in [0.5, 0.6) is 0 Å². The van der Waals surface area contributed by atoms with E-state index in [1.54, 1.807) is 0 Å². The maximum Gasteiger partial charge on any atom is 0.315 e. The minimum atomic E-state index is -1.33. The Balaban J connectivity index is 1.08. The third-order valence-corrected chi connectivity index (χ3v) is 9.21. The van der Waals surface area contributed by atoms with Crippen LogP contribution in [0, 0.1) is 5.92 Å². The highest BCUT2D eigenvalue weighted by molar-refractivity contribution is 5.75. The Hall–Kier alpha value is -3.15. The van der Waals surface area contributed by atoms with Gasteiger partial charge in [0.1, 0.15) is 5.60 Å². The van der Waals surface area contributed by atoms with Crippen LogP contribution in [0.2, 0.25) is 0 Å². The van der Waals surface area contributed by atoms with Gasteiger partial charge in [0.15, 0.2) is 0 Å². The summed E-state index contributed by atoms with van der Waals surface area (Å²) in [7, 11) is 0. The van der Waals surface area contributed by atoms with Gasteiger partial charge in [-0.3, -0.25) is 0 Å². The molecule has 212 valence electrons. The highest BCUT2D eigenvalue weighted by atomic mass is 16.3. The van der Waals surface area contributed by atoms with Crippen LogP contribution in [0.1, 0.15) is 74.5 Å². The molecule has 5 heteroatoms. The van der Waals surface area contributed by atoms with Crippen LogP contribution in [0.15, 0.2) is 91.0 Å². The molecule has 0 aromatic heterocycles. The third-order valence-electron chi connectivity index (χ3n) is 9.21. The van der Waals surface area contributed by atoms with Crippen molar-refractivity contribution in [1.29, 1.82) is 0 Å². The van der Waals surface area contributed by atoms with E-state index in [1.807, 2.05) is 67.6 Å². The lowest BCUT2D eigenvalue weighted by Crippen LogP contribution is -2.54. The summed E-state index contributed by atoms with van der Waals surface area (Å²) in [5.74, 6) is 1.40. The van der Waals surface area contributed by atoms with Gasteiger partial charge in [0.25, 0.3) is 0 Å². The van der Waals surface area contributed by atoms with Gasteiger partial charge in [-0.1, -0.05) is 91.0 Å². The summed E-state index contributed by atoms with van der Waals surface area (Å²) in [6.07, 6.45) is 8.18. The average Bonchev–Trinajstić information content (AvgIpc) is 3.01. The predicted molar refractivity (Wildman–Crippen MR) is 162 cm³/mol. The van der Waals surface area contributed by atoms with Gasteiger partial charge in [0, 0.05) is 12.6 Å². The Labute approximate surface area is 240 Å². The van der Waals surface area contributed by atoms with Crippen LogP contribution in [0.25, 0.3) is 0 Å². The van der Waals surface area contributed by atoms with Crippen LogP contribution >= 0.6 is 0 Å². The number of nitrogens with zero attached hydrogens (tertiary/aromatic N) is 1. The summed E-state index contributed by atoms with van der Waals surface area (Å²) in [5, 5.41) is 18.2. The molecule has 2 aliphatic rings. The molecule has 5 nitrogen and oxygen atoms in total. The van der Waals surface area contributed by atoms with Gasteiger partial charge in [-0.05, 0) is 93.5 Å². The van der Waals surface area contributed by atoms with Crippen molar-refractivity contribution in [2.75, 3.05) is 19.6 Å². The number of hydrogen-bond donors (Lipinski definition) is 3. The summed E-state index contributed by atoms with van der Waals surface area (Å²) in [4.78, 5) is 15.7. The molecule has 1 aliphatic carbocycles. The highest BCUT2D eigenvalue weighted by Gasteiger charge is 2.38. The van der Waals surface area contributed by atoms with Crippen molar-refractivity contribution >= 4 is 6.03 Å². The molecule has 5 rings (SSSR count). The maximum absolute atomic E-state index is 13.1. The number of amides is 2. The second-order valence-electron chi connectivity index (χ2n) is 11.9. The molecule has 0 bridgehead atoms. The number of urea groups is 1. The SMILES string of the molecule is C[C@H](NC(=O)NC1CCC(CCN2CCCC(c3ccccc3)C2)CC1)C(O)(c1ccccc1)c1ccccc1. The van der Waals surface area contributed by atoms with Gasteiger partial charge in [0.2, 0.25) is 0 Å². The van der Waals surface area contributed by atoms with E-state index < -0.39 is 11.6 Å². The summed E-state index contributed by atoms with van der Waals surface area (Å²) in [6.45, 7) is 5.45. The number of rotatable bonds is 9. The summed E-state index contributed by atoms with van der Waals surface area (Å²) < 4.78 is 0. The molecule has 1 saturated carbocycles. The Morgan fingerprint density at radius 3 is 2.05 bits per heavy atom. The molecular weight excluding hydrogens is 494 g/mol. The molecule has 3 N–H and O–H groups in total. The van der Waals surface area contributed by atoms with Gasteiger partial charge in [-0.2, -0.15) is 0 Å². The zero-order chi connectivity index (χ0) is 27.8. The van der Waals surface area contributed by atoms with Crippen LogP contribution in [-0.2, 0) is 5.60 Å². The van der Waals surface area contributed by atoms with Crippen molar-refractivity contribution in [2.45, 2.75) is 75.5 Å². The molecular formula is C35H45N3O2. The molecule has 2 fully saturated rings. The lowest BCUT2D eigenvalue weighted by molar-refractivity contribution is 0.0470. The van der Waals surface area contributed by atoms with E-state index in [-0.39, 0.29) is 12.1 Å². The van der Waals surface area contributed by atoms with E-state index in [0.717, 1.165) is 42.7 Å². The van der Waals surface area contributed by atoms with Crippen molar-refractivity contribution in [3.8, 4) is 0 Å². The van der Waals surface area contributed by atoms with Gasteiger partial charge >= 0.3 is 6.03 Å². The first-order valence-corrected chi connectivity index (χ1v) is 15.2. The number of carbonyl (C=O) groups excluding carboxylic acids is 1. The summed E-state index contributed by atoms with van der Waals surface area (Å²) in [6, 6.07) is 29.6. The number of nitrogens with one attached hydrogen (secondary N) is 2. The number of piperidine rings is 1. The van der Waals surface area contributed by atoms with E-state index in [1.165, 1.54) is 44.5 Å². The van der Waals surface area contributed by atoms with Crippen molar-refractivity contribution in [1.82, 2.24) is 15.5 Å². The number of benzene rings is 3. The number of likely N-dealkylation sites (tertiary alicyclic amines) is 1. The van der Waals surface area contributed by atoms with Crippen molar-refractivity contribution in [2.24, 2.45) is 5.92 Å². The Bertz CT molecular complexity index is 1140. The van der Waals surface area contributed by atoms with Crippen LogP contribution in [0.4, 0.5) is 4.79 Å². The molecule has 1 unspecified atom stereocenters. The molecule has 0 radical (unpaired) electrons. The lowest BCUT2D eigenvalue weighted by atomic mass is 9.81. The van der Waals surface area contributed by atoms with Crippen molar-refractivity contribution < 1.29 is 9.90 Å². The highest BCUT2D eigenvalue weighted by Crippen LogP contribution is 2.33. The molecule has 1 aliphatic heterocycles. The molecule has 2 atom stereocenters. The van der Waals surface area contributed by atoms with Gasteiger partial charge < -0.3 is 20.6 Å². The standard InChI is InChI=1S/C35H45N3O2/c1-27(35(40,31-15-7-3-8-16-31)32-17-9-4-10-18-32)36-34(39)37-33-21-19-28(20-22-33)23-25-38-24-11-14-30(26-38)29-12-5-2-6-13-29/h2-10,12-13,15-18,27-28,30,33,40H,11,14,19-26H2,1H3,(H2,36,37,39)/t27-,28?,30?,33?/m0/s1. The second kappa shape index (κ2) is 13.5. The molecule has 40 heavy (non-hydrogen) atoms. The largest absolute Gasteiger partial charge is 0.378 e. The molecule has 1 heterocycles. The van der Waals surface area contributed by atoms with Crippen LogP contribution in [0.3, 0.4) is 0 Å². The Kier molecular flexibility index (Phi) is 9.56. The fraction of sp³-hybridized carbons (Fsp3) is 0.457. The zero-order valence-corrected chi connectivity index (χ0v) is 23.8. The van der Waals surface area contributed by atoms with Crippen LogP contribution in [-0.4, -0.2) is 47.8 Å². The number of carbonyl (C=O) groups is 1. The first kappa shape index (κ1) is 28.4. The summed E-state index contributed by atoms with van der Waals surface area (Å²) >= 11 is 0. The molecule has 2 amide bonds. The predicted octanol–water partition coefficient (Wildman–Crippen LogP) is 6.44. The Morgan fingerprint density at radius 2 is 1.45 bits per heavy atom. The van der Waals surface area contributed by atoms with Crippen molar-refractivity contribution in [3.05, 3.63) is 108 Å². The zero-order valence-electron chi connectivity index (χ0n) is 23.8. The minimum absolute atomic E-state index is 0.183. The lowest BCUT2D eigenvalue weighted by Gasteiger charge is -2.37. The van der Waals surface area contributed by atoms with E-state index in [2.05, 4.69) is 45.9 Å². The third kappa shape index (κ3) is 6.94. The van der Waals surface area contributed by atoms with Crippen LogP contribution < -0.4 is 10.6 Å². The van der Waals surface area contributed by atoms with E-state index in [4.69, 9.17) is 0 Å². The fourth-order valence-corrected chi connectivity index (χ4v) is 6.80. The fourth-order valence-electron chi connectivity index (χ4n) is 6.80. The first-order valence-electron chi connectivity index (χ1n) is 15.2. The summed E-state index contributed by atoms with van der Waals surface area (Å²) in [5.41, 5.74) is 1.68. The molecule has 3 aromatic carbocycles. The molecule has 3 aromatic rings. The van der Waals surface area contributed by atoms with Gasteiger partial charge in [0.05, 0.1) is 6.04 Å². The number of hydrogen-bond acceptors (Lipinski definition) is 3. The normalized spacial score (nSPS) is 22.8. The topological polar surface area (TPSA) is 64.6 Å².